The quantitative estimate of drug-likeness (QED) is 0.760. The van der Waals surface area contributed by atoms with Gasteiger partial charge in [0.25, 0.3) is 5.91 Å². The van der Waals surface area contributed by atoms with Crippen LogP contribution in [0.1, 0.15) is 35.1 Å². The van der Waals surface area contributed by atoms with E-state index in [4.69, 9.17) is 0 Å². The van der Waals surface area contributed by atoms with Gasteiger partial charge in [-0.1, -0.05) is 6.92 Å². The van der Waals surface area contributed by atoms with Crippen molar-refractivity contribution in [3.63, 3.8) is 0 Å². The standard InChI is InChI=1S/C16H21FN4O.2ClH/c1-4-5-18-6-7-19-16(22)13-8-12(17)9-14-15(13)21-11(3)10(2)20-14;;/h8-9,18H,4-7H2,1-3H3,(H,19,22);2*1H. The molecule has 0 atom stereocenters. The van der Waals surface area contributed by atoms with E-state index in [2.05, 4.69) is 27.5 Å². The first-order valence-corrected chi connectivity index (χ1v) is 7.46. The summed E-state index contributed by atoms with van der Waals surface area (Å²) in [6.07, 6.45) is 1.04. The molecule has 2 rings (SSSR count). The zero-order chi connectivity index (χ0) is 16.1. The van der Waals surface area contributed by atoms with Crippen molar-refractivity contribution in [2.75, 3.05) is 19.6 Å². The number of nitrogens with zero attached hydrogens (tertiary/aromatic N) is 2. The van der Waals surface area contributed by atoms with Gasteiger partial charge in [-0.25, -0.2) is 14.4 Å². The van der Waals surface area contributed by atoms with Crippen LogP contribution in [0.2, 0.25) is 0 Å². The molecule has 8 heteroatoms. The smallest absolute Gasteiger partial charge is 0.253 e. The maximum Gasteiger partial charge on any atom is 0.253 e. The molecular formula is C16H23Cl2FN4O. The molecule has 0 aliphatic heterocycles. The minimum Gasteiger partial charge on any atom is -0.351 e. The summed E-state index contributed by atoms with van der Waals surface area (Å²) in [7, 11) is 0. The third-order valence-electron chi connectivity index (χ3n) is 3.40. The summed E-state index contributed by atoms with van der Waals surface area (Å²) in [5.41, 5.74) is 2.52. The zero-order valence-electron chi connectivity index (χ0n) is 14.0. The molecule has 0 fully saturated rings. The molecular weight excluding hydrogens is 354 g/mol. The molecule has 0 saturated carbocycles. The summed E-state index contributed by atoms with van der Waals surface area (Å²) in [5, 5.41) is 5.97. The molecule has 24 heavy (non-hydrogen) atoms. The van der Waals surface area contributed by atoms with Crippen LogP contribution >= 0.6 is 24.8 Å². The Hall–Kier alpha value is -1.50. The minimum atomic E-state index is -0.487. The molecule has 0 saturated heterocycles. The average Bonchev–Trinajstić information content (AvgIpc) is 2.48. The van der Waals surface area contributed by atoms with Crippen LogP contribution in [0.5, 0.6) is 0 Å². The lowest BCUT2D eigenvalue weighted by atomic mass is 10.1. The van der Waals surface area contributed by atoms with E-state index in [1.807, 2.05) is 13.8 Å². The van der Waals surface area contributed by atoms with Crippen molar-refractivity contribution in [3.8, 4) is 0 Å². The first kappa shape index (κ1) is 22.5. The maximum absolute atomic E-state index is 13.7. The van der Waals surface area contributed by atoms with Gasteiger partial charge in [-0.05, 0) is 32.9 Å². The van der Waals surface area contributed by atoms with Crippen molar-refractivity contribution in [1.29, 1.82) is 0 Å². The Morgan fingerprint density at radius 3 is 2.42 bits per heavy atom. The number of hydrogen-bond acceptors (Lipinski definition) is 4. The van der Waals surface area contributed by atoms with Crippen molar-refractivity contribution in [2.24, 2.45) is 0 Å². The number of rotatable bonds is 6. The second-order valence-corrected chi connectivity index (χ2v) is 5.22. The lowest BCUT2D eigenvalue weighted by molar-refractivity contribution is 0.0955. The van der Waals surface area contributed by atoms with Crippen LogP contribution in [0.3, 0.4) is 0 Å². The van der Waals surface area contributed by atoms with E-state index in [0.717, 1.165) is 24.4 Å². The van der Waals surface area contributed by atoms with Crippen LogP contribution in [-0.2, 0) is 0 Å². The monoisotopic (exact) mass is 376 g/mol. The van der Waals surface area contributed by atoms with Gasteiger partial charge in [-0.15, -0.1) is 24.8 Å². The number of aromatic nitrogens is 2. The zero-order valence-corrected chi connectivity index (χ0v) is 15.6. The summed E-state index contributed by atoms with van der Waals surface area (Å²) in [4.78, 5) is 21.0. The van der Waals surface area contributed by atoms with E-state index in [0.29, 0.717) is 24.1 Å². The van der Waals surface area contributed by atoms with Gasteiger partial charge >= 0.3 is 0 Å². The van der Waals surface area contributed by atoms with E-state index in [1.165, 1.54) is 12.1 Å². The van der Waals surface area contributed by atoms with Crippen LogP contribution in [0, 0.1) is 19.7 Å². The fourth-order valence-corrected chi connectivity index (χ4v) is 2.13. The van der Waals surface area contributed by atoms with Gasteiger partial charge in [0.2, 0.25) is 0 Å². The Labute approximate surface area is 153 Å². The predicted octanol–water partition coefficient (Wildman–Crippen LogP) is 2.96. The van der Waals surface area contributed by atoms with Crippen molar-refractivity contribution in [1.82, 2.24) is 20.6 Å². The molecule has 0 bridgehead atoms. The number of fused-ring (bicyclic) bond motifs is 1. The molecule has 0 radical (unpaired) electrons. The first-order valence-electron chi connectivity index (χ1n) is 7.46. The second kappa shape index (κ2) is 10.4. The van der Waals surface area contributed by atoms with Crippen LogP contribution in [0.4, 0.5) is 4.39 Å². The van der Waals surface area contributed by atoms with Crippen LogP contribution in [-0.4, -0.2) is 35.5 Å². The lowest BCUT2D eigenvalue weighted by Gasteiger charge is -2.09. The Kier molecular flexibility index (Phi) is 9.73. The van der Waals surface area contributed by atoms with Crippen LogP contribution < -0.4 is 10.6 Å². The summed E-state index contributed by atoms with van der Waals surface area (Å²) >= 11 is 0. The molecule has 0 aliphatic rings. The number of nitrogens with one attached hydrogen (secondary N) is 2. The van der Waals surface area contributed by atoms with Crippen molar-refractivity contribution in [2.45, 2.75) is 27.2 Å². The summed E-state index contributed by atoms with van der Waals surface area (Å²) < 4.78 is 13.7. The van der Waals surface area contributed by atoms with Gasteiger partial charge in [0.15, 0.2) is 0 Å². The predicted molar refractivity (Wildman–Crippen MR) is 99.0 cm³/mol. The maximum atomic E-state index is 13.7. The van der Waals surface area contributed by atoms with E-state index < -0.39 is 5.82 Å². The second-order valence-electron chi connectivity index (χ2n) is 5.22. The summed E-state index contributed by atoms with van der Waals surface area (Å²) in [6.45, 7) is 7.77. The highest BCUT2D eigenvalue weighted by Crippen LogP contribution is 2.19. The molecule has 0 spiro atoms. The SMILES string of the molecule is CCCNCCNC(=O)c1cc(F)cc2nc(C)c(C)nc12.Cl.Cl. The molecule has 1 amide bonds. The van der Waals surface area contributed by atoms with Crippen molar-refractivity contribution in [3.05, 3.63) is 34.9 Å². The van der Waals surface area contributed by atoms with Crippen molar-refractivity contribution < 1.29 is 9.18 Å². The Bertz CT molecular complexity index is 697. The molecule has 1 aromatic heterocycles. The number of amides is 1. The third-order valence-corrected chi connectivity index (χ3v) is 3.40. The Morgan fingerprint density at radius 2 is 1.75 bits per heavy atom. The molecule has 0 unspecified atom stereocenters. The fourth-order valence-electron chi connectivity index (χ4n) is 2.13. The average molecular weight is 377 g/mol. The highest BCUT2D eigenvalue weighted by Gasteiger charge is 2.15. The van der Waals surface area contributed by atoms with Crippen LogP contribution in [0.25, 0.3) is 11.0 Å². The van der Waals surface area contributed by atoms with Gasteiger partial charge in [-0.3, -0.25) is 4.79 Å². The van der Waals surface area contributed by atoms with E-state index in [-0.39, 0.29) is 36.3 Å². The van der Waals surface area contributed by atoms with E-state index in [1.54, 1.807) is 0 Å². The molecule has 1 heterocycles. The first-order chi connectivity index (χ1) is 10.5. The van der Waals surface area contributed by atoms with Crippen LogP contribution in [0.15, 0.2) is 12.1 Å². The Balaban J connectivity index is 0.00000264. The molecule has 1 aromatic carbocycles. The number of hydrogen-bond donors (Lipinski definition) is 2. The fraction of sp³-hybridized carbons (Fsp3) is 0.438. The number of halogens is 3. The van der Waals surface area contributed by atoms with Gasteiger partial charge in [0, 0.05) is 19.2 Å². The molecule has 0 aliphatic carbocycles. The molecule has 5 nitrogen and oxygen atoms in total. The van der Waals surface area contributed by atoms with Crippen molar-refractivity contribution >= 4 is 41.8 Å². The normalized spacial score (nSPS) is 10.0. The van der Waals surface area contributed by atoms with Gasteiger partial charge in [0.1, 0.15) is 11.3 Å². The largest absolute Gasteiger partial charge is 0.351 e. The number of aryl methyl sites for hydroxylation is 2. The third kappa shape index (κ3) is 5.54. The number of carbonyl (C=O) groups is 1. The van der Waals surface area contributed by atoms with Gasteiger partial charge < -0.3 is 10.6 Å². The van der Waals surface area contributed by atoms with E-state index in [9.17, 15) is 9.18 Å². The molecule has 2 aromatic rings. The summed E-state index contributed by atoms with van der Waals surface area (Å²) in [5.74, 6) is -0.820. The Morgan fingerprint density at radius 1 is 1.08 bits per heavy atom. The topological polar surface area (TPSA) is 66.9 Å². The van der Waals surface area contributed by atoms with E-state index >= 15 is 0 Å². The number of benzene rings is 1. The lowest BCUT2D eigenvalue weighted by Crippen LogP contribution is -2.32. The van der Waals surface area contributed by atoms with Gasteiger partial charge in [-0.2, -0.15) is 0 Å². The minimum absolute atomic E-state index is 0. The number of carbonyl (C=O) groups excluding carboxylic acids is 1. The summed E-state index contributed by atoms with van der Waals surface area (Å²) in [6, 6.07) is 2.51. The highest BCUT2D eigenvalue weighted by molar-refractivity contribution is 6.04. The highest BCUT2D eigenvalue weighted by atomic mass is 35.5. The van der Waals surface area contributed by atoms with Gasteiger partial charge in [0.05, 0.1) is 22.5 Å². The molecule has 2 N–H and O–H groups in total. The molecule has 134 valence electrons.